The number of hydrogen-bond donors (Lipinski definition) is 1. The van der Waals surface area contributed by atoms with Crippen LogP contribution in [-0.4, -0.2) is 21.5 Å². The molecule has 2 aromatic rings. The van der Waals surface area contributed by atoms with E-state index in [2.05, 4.69) is 36.4 Å². The quantitative estimate of drug-likeness (QED) is 0.881. The summed E-state index contributed by atoms with van der Waals surface area (Å²) in [7, 11) is 0. The minimum absolute atomic E-state index is 0.248. The lowest BCUT2D eigenvalue weighted by Crippen LogP contribution is -2.21. The van der Waals surface area contributed by atoms with Crippen molar-refractivity contribution in [1.82, 2.24) is 20.3 Å². The number of nitrogens with zero attached hydrogens (tertiary/aromatic N) is 3. The highest BCUT2D eigenvalue weighted by Crippen LogP contribution is 2.26. The van der Waals surface area contributed by atoms with Gasteiger partial charge in [0.05, 0.1) is 17.4 Å². The number of halogens is 1. The Bertz CT molecular complexity index is 606. The Morgan fingerprint density at radius 3 is 2.67 bits per heavy atom. The van der Waals surface area contributed by atoms with Crippen molar-refractivity contribution in [3.63, 3.8) is 0 Å². The Balaban J connectivity index is 2.51. The summed E-state index contributed by atoms with van der Waals surface area (Å²) in [6, 6.07) is 6.13. The summed E-state index contributed by atoms with van der Waals surface area (Å²) in [6.45, 7) is 9.35. The number of nitrogens with one attached hydrogen (secondary N) is 1. The smallest absolute Gasteiger partial charge is 0.103 e. The van der Waals surface area contributed by atoms with Crippen molar-refractivity contribution < 1.29 is 0 Å². The number of hydrogen-bond acceptors (Lipinski definition) is 3. The highest BCUT2D eigenvalue weighted by molar-refractivity contribution is 6.31. The van der Waals surface area contributed by atoms with Crippen LogP contribution in [0.4, 0.5) is 0 Å². The molecule has 0 aliphatic carbocycles. The molecule has 2 rings (SSSR count). The Morgan fingerprint density at radius 1 is 1.29 bits per heavy atom. The van der Waals surface area contributed by atoms with Crippen LogP contribution in [0.2, 0.25) is 5.02 Å². The number of aromatic nitrogens is 3. The number of rotatable bonds is 6. The highest BCUT2D eigenvalue weighted by atomic mass is 35.5. The molecular weight excluding hydrogens is 284 g/mol. The number of benzene rings is 1. The van der Waals surface area contributed by atoms with Gasteiger partial charge in [-0.15, -0.1) is 5.10 Å². The van der Waals surface area contributed by atoms with Crippen LogP contribution in [0.15, 0.2) is 18.2 Å². The average molecular weight is 307 g/mol. The van der Waals surface area contributed by atoms with Gasteiger partial charge in [0, 0.05) is 5.02 Å². The summed E-state index contributed by atoms with van der Waals surface area (Å²) < 4.78 is 1.93. The van der Waals surface area contributed by atoms with E-state index in [1.807, 2.05) is 29.8 Å². The highest BCUT2D eigenvalue weighted by Gasteiger charge is 2.20. The minimum atomic E-state index is 0.248. The summed E-state index contributed by atoms with van der Waals surface area (Å²) in [4.78, 5) is 0. The Hall–Kier alpha value is -1.39. The first-order valence-corrected chi connectivity index (χ1v) is 7.95. The van der Waals surface area contributed by atoms with E-state index in [0.717, 1.165) is 47.0 Å². The van der Waals surface area contributed by atoms with Crippen LogP contribution >= 0.6 is 11.6 Å². The molecule has 1 aromatic heterocycles. The maximum Gasteiger partial charge on any atom is 0.103 e. The zero-order valence-electron chi connectivity index (χ0n) is 13.2. The summed E-state index contributed by atoms with van der Waals surface area (Å²) >= 11 is 6.23. The van der Waals surface area contributed by atoms with Gasteiger partial charge in [-0.05, 0) is 44.0 Å². The molecule has 0 fully saturated rings. The molecule has 114 valence electrons. The van der Waals surface area contributed by atoms with Gasteiger partial charge in [0.2, 0.25) is 0 Å². The predicted molar refractivity (Wildman–Crippen MR) is 87.2 cm³/mol. The average Bonchev–Trinajstić information content (AvgIpc) is 2.91. The van der Waals surface area contributed by atoms with E-state index in [-0.39, 0.29) is 6.04 Å². The van der Waals surface area contributed by atoms with Crippen molar-refractivity contribution >= 4 is 11.6 Å². The Labute approximate surface area is 131 Å². The fraction of sp³-hybridized carbons (Fsp3) is 0.500. The predicted octanol–water partition coefficient (Wildman–Crippen LogP) is 3.85. The summed E-state index contributed by atoms with van der Waals surface area (Å²) in [6.07, 6.45) is 1.88. The molecule has 1 unspecified atom stereocenters. The summed E-state index contributed by atoms with van der Waals surface area (Å²) in [5, 5.41) is 13.0. The maximum absolute atomic E-state index is 6.23. The van der Waals surface area contributed by atoms with Gasteiger partial charge in [0.1, 0.15) is 5.69 Å². The SMILES string of the molecule is CCNC(CC)c1nnn(-c2cccc(Cl)c2C)c1CC. The van der Waals surface area contributed by atoms with Crippen LogP contribution in [0.3, 0.4) is 0 Å². The zero-order valence-corrected chi connectivity index (χ0v) is 13.9. The van der Waals surface area contributed by atoms with E-state index >= 15 is 0 Å². The maximum atomic E-state index is 6.23. The molecular formula is C16H23ClN4. The van der Waals surface area contributed by atoms with Crippen molar-refractivity contribution in [2.45, 2.75) is 46.6 Å². The van der Waals surface area contributed by atoms with Crippen molar-refractivity contribution in [3.05, 3.63) is 40.2 Å². The fourth-order valence-electron chi connectivity index (χ4n) is 2.61. The van der Waals surface area contributed by atoms with Gasteiger partial charge in [-0.1, -0.05) is 43.7 Å². The van der Waals surface area contributed by atoms with Gasteiger partial charge in [-0.2, -0.15) is 0 Å². The molecule has 0 saturated heterocycles. The van der Waals surface area contributed by atoms with Crippen molar-refractivity contribution in [1.29, 1.82) is 0 Å². The molecule has 1 aromatic carbocycles. The van der Waals surface area contributed by atoms with Crippen molar-refractivity contribution in [2.75, 3.05) is 6.54 Å². The molecule has 0 saturated carbocycles. The molecule has 0 aliphatic rings. The summed E-state index contributed by atoms with van der Waals surface area (Å²) in [5.74, 6) is 0. The molecule has 1 atom stereocenters. The molecule has 0 spiro atoms. The molecule has 0 aliphatic heterocycles. The lowest BCUT2D eigenvalue weighted by Gasteiger charge is -2.15. The van der Waals surface area contributed by atoms with E-state index < -0.39 is 0 Å². The van der Waals surface area contributed by atoms with Crippen LogP contribution in [0.25, 0.3) is 5.69 Å². The Morgan fingerprint density at radius 2 is 2.05 bits per heavy atom. The van der Waals surface area contributed by atoms with Crippen LogP contribution in [0, 0.1) is 6.92 Å². The molecule has 0 bridgehead atoms. The van der Waals surface area contributed by atoms with Gasteiger partial charge in [-0.25, -0.2) is 4.68 Å². The third-order valence-corrected chi connectivity index (χ3v) is 4.19. The third-order valence-electron chi connectivity index (χ3n) is 3.78. The van der Waals surface area contributed by atoms with Gasteiger partial charge in [0.15, 0.2) is 0 Å². The standard InChI is InChI=1S/C16H23ClN4/c1-5-13(18-7-3)16-14(6-2)21(20-19-16)15-10-8-9-12(17)11(15)4/h8-10,13,18H,5-7H2,1-4H3. The van der Waals surface area contributed by atoms with Gasteiger partial charge < -0.3 is 5.32 Å². The molecule has 0 amide bonds. The first-order chi connectivity index (χ1) is 10.1. The first kappa shape index (κ1) is 16.0. The minimum Gasteiger partial charge on any atom is -0.309 e. The van der Waals surface area contributed by atoms with Crippen LogP contribution in [-0.2, 0) is 6.42 Å². The Kier molecular flexibility index (Phi) is 5.37. The molecule has 1 N–H and O–H groups in total. The second-order valence-electron chi connectivity index (χ2n) is 5.09. The van der Waals surface area contributed by atoms with E-state index in [1.54, 1.807) is 0 Å². The van der Waals surface area contributed by atoms with Crippen molar-refractivity contribution in [2.24, 2.45) is 0 Å². The van der Waals surface area contributed by atoms with E-state index in [4.69, 9.17) is 11.6 Å². The largest absolute Gasteiger partial charge is 0.309 e. The molecule has 0 radical (unpaired) electrons. The lowest BCUT2D eigenvalue weighted by atomic mass is 10.1. The molecule has 4 nitrogen and oxygen atoms in total. The van der Waals surface area contributed by atoms with E-state index in [1.165, 1.54) is 0 Å². The van der Waals surface area contributed by atoms with E-state index in [9.17, 15) is 0 Å². The van der Waals surface area contributed by atoms with Gasteiger partial charge >= 0.3 is 0 Å². The fourth-order valence-corrected chi connectivity index (χ4v) is 2.78. The molecule has 5 heteroatoms. The van der Waals surface area contributed by atoms with Gasteiger partial charge in [0.25, 0.3) is 0 Å². The van der Waals surface area contributed by atoms with Crippen molar-refractivity contribution in [3.8, 4) is 5.69 Å². The third kappa shape index (κ3) is 3.11. The van der Waals surface area contributed by atoms with Gasteiger partial charge in [-0.3, -0.25) is 0 Å². The second-order valence-corrected chi connectivity index (χ2v) is 5.50. The normalized spacial score (nSPS) is 12.6. The second kappa shape index (κ2) is 7.05. The zero-order chi connectivity index (χ0) is 15.4. The van der Waals surface area contributed by atoms with E-state index in [0.29, 0.717) is 0 Å². The van der Waals surface area contributed by atoms with Crippen LogP contribution in [0.5, 0.6) is 0 Å². The molecule has 1 heterocycles. The van der Waals surface area contributed by atoms with Crippen LogP contribution < -0.4 is 5.32 Å². The first-order valence-electron chi connectivity index (χ1n) is 7.57. The lowest BCUT2D eigenvalue weighted by molar-refractivity contribution is 0.520. The monoisotopic (exact) mass is 306 g/mol. The topological polar surface area (TPSA) is 42.7 Å². The molecule has 21 heavy (non-hydrogen) atoms. The summed E-state index contributed by atoms with van der Waals surface area (Å²) in [5.41, 5.74) is 4.22. The van der Waals surface area contributed by atoms with Crippen LogP contribution in [0.1, 0.15) is 50.2 Å².